The number of hydrogen-bond donors (Lipinski definition) is 1. The first-order valence-electron chi connectivity index (χ1n) is 8.46. The van der Waals surface area contributed by atoms with Crippen LogP contribution in [-0.2, 0) is 14.8 Å². The number of sulfonamides is 1. The highest BCUT2D eigenvalue weighted by Gasteiger charge is 2.28. The lowest BCUT2D eigenvalue weighted by Gasteiger charge is -2.35. The summed E-state index contributed by atoms with van der Waals surface area (Å²) in [6, 6.07) is 3.82. The van der Waals surface area contributed by atoms with Crippen LogP contribution in [0.15, 0.2) is 23.1 Å². The molecule has 0 aliphatic carbocycles. The number of ether oxygens (including phenoxy) is 1. The zero-order valence-electron chi connectivity index (χ0n) is 15.3. The number of methoxy groups -OCH3 is 1. The number of carbonyl (C=O) groups excluding carboxylic acids is 1. The molecule has 0 radical (unpaired) electrons. The molecule has 1 N–H and O–H groups in total. The van der Waals surface area contributed by atoms with E-state index in [-0.39, 0.29) is 10.8 Å². The van der Waals surface area contributed by atoms with Crippen LogP contribution in [0.25, 0.3) is 0 Å². The maximum absolute atomic E-state index is 12.5. The number of nitrogens with zero attached hydrogens (tertiary/aromatic N) is 2. The van der Waals surface area contributed by atoms with Gasteiger partial charge >= 0.3 is 0 Å². The Morgan fingerprint density at radius 3 is 2.44 bits per heavy atom. The van der Waals surface area contributed by atoms with E-state index in [4.69, 9.17) is 4.74 Å². The van der Waals surface area contributed by atoms with E-state index in [1.54, 1.807) is 30.9 Å². The number of aryl methyl sites for hydroxylation is 1. The van der Waals surface area contributed by atoms with Crippen LogP contribution >= 0.6 is 0 Å². The summed E-state index contributed by atoms with van der Waals surface area (Å²) in [7, 11) is -2.23. The number of carbonyl (C=O) groups is 1. The molecule has 0 aromatic heterocycles. The van der Waals surface area contributed by atoms with Crippen LogP contribution in [0.5, 0.6) is 5.75 Å². The molecule has 0 saturated carbocycles. The molecule has 2 rings (SSSR count). The maximum atomic E-state index is 12.5. The minimum atomic E-state index is -3.77. The third-order valence-corrected chi connectivity index (χ3v) is 6.05. The van der Waals surface area contributed by atoms with Crippen LogP contribution in [0.1, 0.15) is 19.4 Å². The van der Waals surface area contributed by atoms with Crippen molar-refractivity contribution >= 4 is 15.9 Å². The molecule has 1 amide bonds. The van der Waals surface area contributed by atoms with Crippen molar-refractivity contribution in [3.05, 3.63) is 23.8 Å². The molecule has 25 heavy (non-hydrogen) atoms. The minimum absolute atomic E-state index is 0.126. The maximum Gasteiger partial charge on any atom is 0.241 e. The first-order valence-corrected chi connectivity index (χ1v) is 9.95. The Balaban J connectivity index is 2.04. The fourth-order valence-electron chi connectivity index (χ4n) is 2.93. The smallest absolute Gasteiger partial charge is 0.241 e. The number of hydrogen-bond acceptors (Lipinski definition) is 5. The third-order valence-electron chi connectivity index (χ3n) is 4.51. The minimum Gasteiger partial charge on any atom is -0.496 e. The van der Waals surface area contributed by atoms with Crippen molar-refractivity contribution < 1.29 is 17.9 Å². The van der Waals surface area contributed by atoms with Crippen molar-refractivity contribution in [3.8, 4) is 5.75 Å². The molecule has 1 aromatic carbocycles. The first kappa shape index (κ1) is 19.7. The molecular formula is C17H27N3O4S. The molecule has 1 aliphatic rings. The zero-order valence-corrected chi connectivity index (χ0v) is 16.1. The van der Waals surface area contributed by atoms with Crippen LogP contribution in [0.4, 0.5) is 0 Å². The molecule has 1 saturated heterocycles. The highest BCUT2D eigenvalue weighted by atomic mass is 32.2. The van der Waals surface area contributed by atoms with Gasteiger partial charge in [-0.3, -0.25) is 4.79 Å². The summed E-state index contributed by atoms with van der Waals surface area (Å²) in [4.78, 5) is 16.6. The van der Waals surface area contributed by atoms with Crippen LogP contribution in [0, 0.1) is 6.92 Å². The van der Waals surface area contributed by atoms with Crippen molar-refractivity contribution in [2.75, 3.05) is 39.8 Å². The number of piperazine rings is 1. The van der Waals surface area contributed by atoms with Crippen LogP contribution in [0.3, 0.4) is 0 Å². The van der Waals surface area contributed by atoms with Crippen molar-refractivity contribution in [1.29, 1.82) is 0 Å². The summed E-state index contributed by atoms with van der Waals surface area (Å²) in [5.41, 5.74) is 0.722. The molecule has 1 fully saturated rings. The molecule has 1 heterocycles. The number of rotatable bonds is 6. The van der Waals surface area contributed by atoms with Crippen LogP contribution in [-0.4, -0.2) is 70.0 Å². The zero-order chi connectivity index (χ0) is 18.6. The second-order valence-corrected chi connectivity index (χ2v) is 7.95. The van der Waals surface area contributed by atoms with Crippen LogP contribution < -0.4 is 9.46 Å². The molecule has 7 nitrogen and oxygen atoms in total. The second-order valence-electron chi connectivity index (χ2n) is 6.23. The van der Waals surface area contributed by atoms with E-state index in [2.05, 4.69) is 16.5 Å². The van der Waals surface area contributed by atoms with Crippen molar-refractivity contribution in [1.82, 2.24) is 14.5 Å². The molecule has 1 atom stereocenters. The fourth-order valence-corrected chi connectivity index (χ4v) is 4.21. The normalized spacial score (nSPS) is 17.4. The highest BCUT2D eigenvalue weighted by molar-refractivity contribution is 7.89. The van der Waals surface area contributed by atoms with Gasteiger partial charge in [0.25, 0.3) is 0 Å². The van der Waals surface area contributed by atoms with Gasteiger partial charge in [0.15, 0.2) is 0 Å². The lowest BCUT2D eigenvalue weighted by atomic mass is 10.2. The molecule has 8 heteroatoms. The molecule has 1 aliphatic heterocycles. The van der Waals surface area contributed by atoms with Gasteiger partial charge in [0.05, 0.1) is 18.0 Å². The Morgan fingerprint density at radius 2 is 1.92 bits per heavy atom. The summed E-state index contributed by atoms with van der Waals surface area (Å²) < 4.78 is 32.7. The van der Waals surface area contributed by atoms with Gasteiger partial charge in [0, 0.05) is 26.2 Å². The Morgan fingerprint density at radius 1 is 1.28 bits per heavy atom. The summed E-state index contributed by atoms with van der Waals surface area (Å²) in [5.74, 6) is 0.432. The predicted molar refractivity (Wildman–Crippen MR) is 96.2 cm³/mol. The summed E-state index contributed by atoms with van der Waals surface area (Å²) in [6.07, 6.45) is 0. The molecule has 0 unspecified atom stereocenters. The molecular weight excluding hydrogens is 342 g/mol. The van der Waals surface area contributed by atoms with Gasteiger partial charge in [0.1, 0.15) is 5.75 Å². The Bertz CT molecular complexity index is 713. The predicted octanol–water partition coefficient (Wildman–Crippen LogP) is 0.835. The lowest BCUT2D eigenvalue weighted by molar-refractivity contribution is -0.134. The highest BCUT2D eigenvalue weighted by Crippen LogP contribution is 2.21. The average Bonchev–Trinajstić information content (AvgIpc) is 2.60. The number of likely N-dealkylation sites (N-methyl/N-ethyl adjacent to an activating group) is 1. The lowest BCUT2D eigenvalue weighted by Crippen LogP contribution is -2.54. The number of amides is 1. The standard InChI is InChI=1S/C17H27N3O4S/c1-5-19-8-10-20(11-9-19)17(21)14(3)18-25(22,23)15-6-7-16(24-4)13(2)12-15/h6-7,12,14,18H,5,8-11H2,1-4H3/t14-/m1/s1. The molecule has 0 spiro atoms. The van der Waals surface area contributed by atoms with Gasteiger partial charge in [-0.25, -0.2) is 8.42 Å². The summed E-state index contributed by atoms with van der Waals surface area (Å²) in [6.45, 7) is 9.30. The monoisotopic (exact) mass is 369 g/mol. The van der Waals surface area contributed by atoms with Gasteiger partial charge in [-0.15, -0.1) is 0 Å². The van der Waals surface area contributed by atoms with Crippen molar-refractivity contribution in [2.45, 2.75) is 31.7 Å². The van der Waals surface area contributed by atoms with E-state index in [1.165, 1.54) is 13.2 Å². The third kappa shape index (κ3) is 4.71. The number of benzene rings is 1. The van der Waals surface area contributed by atoms with E-state index < -0.39 is 16.1 Å². The van der Waals surface area contributed by atoms with Gasteiger partial charge < -0.3 is 14.5 Å². The Labute approximate surface area is 150 Å². The Kier molecular flexibility index (Phi) is 6.42. The van der Waals surface area contributed by atoms with E-state index in [0.29, 0.717) is 18.8 Å². The van der Waals surface area contributed by atoms with E-state index >= 15 is 0 Å². The molecule has 0 bridgehead atoms. The van der Waals surface area contributed by atoms with Gasteiger partial charge in [-0.05, 0) is 44.2 Å². The van der Waals surface area contributed by atoms with Gasteiger partial charge in [-0.1, -0.05) is 6.92 Å². The van der Waals surface area contributed by atoms with Gasteiger partial charge in [0.2, 0.25) is 15.9 Å². The average molecular weight is 369 g/mol. The Hall–Kier alpha value is -1.64. The van der Waals surface area contributed by atoms with Crippen LogP contribution in [0.2, 0.25) is 0 Å². The molecule has 140 valence electrons. The van der Waals surface area contributed by atoms with E-state index in [1.807, 2.05) is 0 Å². The van der Waals surface area contributed by atoms with Crippen molar-refractivity contribution in [3.63, 3.8) is 0 Å². The largest absolute Gasteiger partial charge is 0.496 e. The topological polar surface area (TPSA) is 79.0 Å². The molecule has 1 aromatic rings. The first-order chi connectivity index (χ1) is 11.8. The second kappa shape index (κ2) is 8.16. The summed E-state index contributed by atoms with van der Waals surface area (Å²) in [5, 5.41) is 0. The number of nitrogens with one attached hydrogen (secondary N) is 1. The SMILES string of the molecule is CCN1CCN(C(=O)[C@@H](C)NS(=O)(=O)c2ccc(OC)c(C)c2)CC1. The quantitative estimate of drug-likeness (QED) is 0.804. The summed E-state index contributed by atoms with van der Waals surface area (Å²) >= 11 is 0. The van der Waals surface area contributed by atoms with E-state index in [0.717, 1.165) is 25.2 Å². The van der Waals surface area contributed by atoms with Gasteiger partial charge in [-0.2, -0.15) is 4.72 Å². The van der Waals surface area contributed by atoms with Crippen molar-refractivity contribution in [2.24, 2.45) is 0 Å². The van der Waals surface area contributed by atoms with E-state index in [9.17, 15) is 13.2 Å². The fraction of sp³-hybridized carbons (Fsp3) is 0.588.